The molecule has 3 aromatic rings. The fourth-order valence-electron chi connectivity index (χ4n) is 2.33. The molecule has 0 aliphatic heterocycles. The van der Waals surface area contributed by atoms with Crippen LogP contribution in [0.15, 0.2) is 48.5 Å². The summed E-state index contributed by atoms with van der Waals surface area (Å²) in [6, 6.07) is 15.0. The van der Waals surface area contributed by atoms with Crippen molar-refractivity contribution < 1.29 is 9.53 Å². The van der Waals surface area contributed by atoms with Crippen molar-refractivity contribution in [3.63, 3.8) is 0 Å². The van der Waals surface area contributed by atoms with E-state index in [1.165, 1.54) is 5.56 Å². The summed E-state index contributed by atoms with van der Waals surface area (Å²) >= 11 is 5.81. The van der Waals surface area contributed by atoms with E-state index in [1.807, 2.05) is 31.2 Å². The first-order valence-corrected chi connectivity index (χ1v) is 7.75. The number of H-pyrrole nitrogens is 1. The molecular weight excluding hydrogens is 312 g/mol. The Morgan fingerprint density at radius 2 is 1.96 bits per heavy atom. The van der Waals surface area contributed by atoms with Crippen molar-refractivity contribution in [2.24, 2.45) is 0 Å². The van der Waals surface area contributed by atoms with E-state index in [4.69, 9.17) is 16.3 Å². The Morgan fingerprint density at radius 1 is 1.17 bits per heavy atom. The molecule has 0 unspecified atom stereocenters. The summed E-state index contributed by atoms with van der Waals surface area (Å²) in [5.41, 5.74) is 2.68. The maximum absolute atomic E-state index is 12.1. The van der Waals surface area contributed by atoms with Crippen LogP contribution in [-0.4, -0.2) is 24.0 Å². The monoisotopic (exact) mass is 328 g/mol. The Hall–Kier alpha value is -2.46. The van der Waals surface area contributed by atoms with Gasteiger partial charge in [-0.15, -0.1) is 0 Å². The van der Waals surface area contributed by atoms with Crippen molar-refractivity contribution in [3.8, 4) is 5.75 Å². The first kappa shape index (κ1) is 15.4. The molecule has 5 heteroatoms. The number of benzene rings is 2. The van der Waals surface area contributed by atoms with E-state index >= 15 is 0 Å². The Bertz CT molecular complexity index is 825. The molecule has 118 valence electrons. The summed E-state index contributed by atoms with van der Waals surface area (Å²) in [4.78, 5) is 15.3. The minimum Gasteiger partial charge on any atom is -0.492 e. The van der Waals surface area contributed by atoms with E-state index in [0.29, 0.717) is 23.9 Å². The largest absolute Gasteiger partial charge is 0.492 e. The topological polar surface area (TPSA) is 54.1 Å². The van der Waals surface area contributed by atoms with Crippen molar-refractivity contribution in [2.75, 3.05) is 13.2 Å². The summed E-state index contributed by atoms with van der Waals surface area (Å²) < 4.78 is 5.54. The smallest absolute Gasteiger partial charge is 0.267 e. The molecule has 1 heterocycles. The number of aryl methyl sites for hydroxylation is 1. The van der Waals surface area contributed by atoms with Crippen LogP contribution in [0.3, 0.4) is 0 Å². The Morgan fingerprint density at radius 3 is 2.74 bits per heavy atom. The second kappa shape index (κ2) is 6.75. The molecule has 0 radical (unpaired) electrons. The minimum absolute atomic E-state index is 0.140. The second-order valence-electron chi connectivity index (χ2n) is 5.33. The number of rotatable bonds is 5. The van der Waals surface area contributed by atoms with Crippen LogP contribution in [0.25, 0.3) is 10.9 Å². The van der Waals surface area contributed by atoms with Crippen molar-refractivity contribution in [2.45, 2.75) is 6.92 Å². The molecule has 0 fully saturated rings. The van der Waals surface area contributed by atoms with Gasteiger partial charge < -0.3 is 15.0 Å². The van der Waals surface area contributed by atoms with E-state index in [0.717, 1.165) is 16.7 Å². The number of aromatic amines is 1. The van der Waals surface area contributed by atoms with Gasteiger partial charge >= 0.3 is 0 Å². The highest BCUT2D eigenvalue weighted by Gasteiger charge is 2.09. The predicted octanol–water partition coefficient (Wildman–Crippen LogP) is 3.94. The summed E-state index contributed by atoms with van der Waals surface area (Å²) in [6.07, 6.45) is 0. The summed E-state index contributed by atoms with van der Waals surface area (Å²) in [7, 11) is 0. The molecule has 1 amide bonds. The Labute approximate surface area is 139 Å². The first-order valence-electron chi connectivity index (χ1n) is 7.38. The molecule has 0 spiro atoms. The minimum atomic E-state index is -0.140. The average molecular weight is 329 g/mol. The molecular formula is C18H17ClN2O2. The van der Waals surface area contributed by atoms with Crippen molar-refractivity contribution >= 4 is 28.4 Å². The van der Waals surface area contributed by atoms with Crippen molar-refractivity contribution in [1.82, 2.24) is 10.3 Å². The lowest BCUT2D eigenvalue weighted by Gasteiger charge is -2.07. The molecule has 2 aromatic carbocycles. The molecule has 0 saturated heterocycles. The third-order valence-electron chi connectivity index (χ3n) is 3.49. The number of carbonyl (C=O) groups is 1. The number of amides is 1. The number of aromatic nitrogens is 1. The number of hydrogen-bond donors (Lipinski definition) is 2. The SMILES string of the molecule is Cc1ccc2[nH]c(C(=O)NCCOc3ccc(Cl)cc3)cc2c1. The van der Waals surface area contributed by atoms with E-state index in [1.54, 1.807) is 24.3 Å². The molecule has 23 heavy (non-hydrogen) atoms. The van der Waals surface area contributed by atoms with E-state index in [2.05, 4.69) is 10.3 Å². The molecule has 0 bridgehead atoms. The quantitative estimate of drug-likeness (QED) is 0.697. The van der Waals surface area contributed by atoms with Gasteiger partial charge in [0, 0.05) is 15.9 Å². The van der Waals surface area contributed by atoms with Gasteiger partial charge in [0.05, 0.1) is 6.54 Å². The molecule has 0 aliphatic rings. The van der Waals surface area contributed by atoms with Crippen molar-refractivity contribution in [3.05, 3.63) is 64.8 Å². The highest BCUT2D eigenvalue weighted by Crippen LogP contribution is 2.17. The van der Waals surface area contributed by atoms with Gasteiger partial charge in [0.1, 0.15) is 18.1 Å². The zero-order valence-electron chi connectivity index (χ0n) is 12.7. The lowest BCUT2D eigenvalue weighted by molar-refractivity contribution is 0.0943. The van der Waals surface area contributed by atoms with E-state index in [9.17, 15) is 4.79 Å². The Kier molecular flexibility index (Phi) is 4.53. The number of halogens is 1. The standard InChI is InChI=1S/C18H17ClN2O2/c1-12-2-7-16-13(10-12)11-17(21-16)18(22)20-8-9-23-15-5-3-14(19)4-6-15/h2-7,10-11,21H,8-9H2,1H3,(H,20,22). The highest BCUT2D eigenvalue weighted by molar-refractivity contribution is 6.30. The van der Waals surface area contributed by atoms with Crippen LogP contribution in [0.1, 0.15) is 16.1 Å². The lowest BCUT2D eigenvalue weighted by atomic mass is 10.2. The van der Waals surface area contributed by atoms with Crippen molar-refractivity contribution in [1.29, 1.82) is 0 Å². The number of nitrogens with one attached hydrogen (secondary N) is 2. The van der Waals surface area contributed by atoms with Gasteiger partial charge in [0.15, 0.2) is 0 Å². The van der Waals surface area contributed by atoms with E-state index in [-0.39, 0.29) is 5.91 Å². The van der Waals surface area contributed by atoms with Gasteiger partial charge in [-0.25, -0.2) is 0 Å². The number of ether oxygens (including phenoxy) is 1. The van der Waals surface area contributed by atoms with Gasteiger partial charge in [-0.1, -0.05) is 23.2 Å². The molecule has 0 saturated carbocycles. The summed E-state index contributed by atoms with van der Waals surface area (Å²) in [6.45, 7) is 2.85. The molecule has 0 atom stereocenters. The van der Waals surface area contributed by atoms with Crippen LogP contribution in [0.2, 0.25) is 5.02 Å². The molecule has 1 aromatic heterocycles. The van der Waals surface area contributed by atoms with Gasteiger partial charge in [-0.2, -0.15) is 0 Å². The zero-order chi connectivity index (χ0) is 16.2. The van der Waals surface area contributed by atoms with Crippen LogP contribution < -0.4 is 10.1 Å². The van der Waals surface area contributed by atoms with Crippen LogP contribution >= 0.6 is 11.6 Å². The summed E-state index contributed by atoms with van der Waals surface area (Å²) in [5.74, 6) is 0.586. The average Bonchev–Trinajstić information content (AvgIpc) is 2.96. The normalized spacial score (nSPS) is 10.7. The number of hydrogen-bond acceptors (Lipinski definition) is 2. The summed E-state index contributed by atoms with van der Waals surface area (Å²) in [5, 5.41) is 4.54. The van der Waals surface area contributed by atoms with Crippen LogP contribution in [0, 0.1) is 6.92 Å². The van der Waals surface area contributed by atoms with Gasteiger partial charge in [-0.05, 0) is 49.4 Å². The highest BCUT2D eigenvalue weighted by atomic mass is 35.5. The maximum Gasteiger partial charge on any atom is 0.267 e. The van der Waals surface area contributed by atoms with Gasteiger partial charge in [0.25, 0.3) is 5.91 Å². The van der Waals surface area contributed by atoms with Crippen LogP contribution in [-0.2, 0) is 0 Å². The van der Waals surface area contributed by atoms with Crippen LogP contribution in [0.5, 0.6) is 5.75 Å². The first-order chi connectivity index (χ1) is 11.1. The Balaban J connectivity index is 1.53. The molecule has 4 nitrogen and oxygen atoms in total. The van der Waals surface area contributed by atoms with E-state index < -0.39 is 0 Å². The van der Waals surface area contributed by atoms with Gasteiger partial charge in [-0.3, -0.25) is 4.79 Å². The second-order valence-corrected chi connectivity index (χ2v) is 5.77. The molecule has 2 N–H and O–H groups in total. The fraction of sp³-hybridized carbons (Fsp3) is 0.167. The predicted molar refractivity (Wildman–Crippen MR) is 92.3 cm³/mol. The molecule has 3 rings (SSSR count). The number of fused-ring (bicyclic) bond motifs is 1. The number of carbonyl (C=O) groups excluding carboxylic acids is 1. The fourth-order valence-corrected chi connectivity index (χ4v) is 2.46. The molecule has 0 aliphatic carbocycles. The third-order valence-corrected chi connectivity index (χ3v) is 3.74. The lowest BCUT2D eigenvalue weighted by Crippen LogP contribution is -2.28. The maximum atomic E-state index is 12.1. The zero-order valence-corrected chi connectivity index (χ0v) is 13.5. The third kappa shape index (κ3) is 3.85. The van der Waals surface area contributed by atoms with Crippen LogP contribution in [0.4, 0.5) is 0 Å². The van der Waals surface area contributed by atoms with Gasteiger partial charge in [0.2, 0.25) is 0 Å².